The number of hydrogen-bond acceptors (Lipinski definition) is 5. The van der Waals surface area contributed by atoms with Crippen molar-refractivity contribution in [1.82, 2.24) is 0 Å². The molecule has 0 unspecified atom stereocenters. The predicted octanol–water partition coefficient (Wildman–Crippen LogP) is 5.15. The van der Waals surface area contributed by atoms with Crippen LogP contribution in [0.2, 0.25) is 0 Å². The summed E-state index contributed by atoms with van der Waals surface area (Å²) in [6.07, 6.45) is -0.661. The van der Waals surface area contributed by atoms with E-state index in [4.69, 9.17) is 4.74 Å². The van der Waals surface area contributed by atoms with Gasteiger partial charge in [0, 0.05) is 23.1 Å². The first-order chi connectivity index (χ1) is 15.8. The van der Waals surface area contributed by atoms with E-state index in [0.717, 1.165) is 28.3 Å². The highest BCUT2D eigenvalue weighted by atomic mass is 32.2. The molecule has 1 amide bonds. The number of aromatic hydroxyl groups is 1. The molecule has 4 aromatic rings. The minimum Gasteiger partial charge on any atom is -0.507 e. The van der Waals surface area contributed by atoms with E-state index in [1.54, 1.807) is 6.07 Å². The molecule has 0 aliphatic heterocycles. The Morgan fingerprint density at radius 1 is 0.909 bits per heavy atom. The molecule has 0 spiro atoms. The van der Waals surface area contributed by atoms with E-state index >= 15 is 0 Å². The summed E-state index contributed by atoms with van der Waals surface area (Å²) in [4.78, 5) is 12.1. The minimum atomic E-state index is -4.49. The number of amides is 1. The number of anilines is 1. The summed E-state index contributed by atoms with van der Waals surface area (Å²) in [5, 5.41) is 13.4. The Labute approximate surface area is 190 Å². The van der Waals surface area contributed by atoms with Crippen molar-refractivity contribution in [2.24, 2.45) is 0 Å². The van der Waals surface area contributed by atoms with Crippen LogP contribution in [0, 0.1) is 0 Å². The first-order valence-corrected chi connectivity index (χ1v) is 11.6. The summed E-state index contributed by atoms with van der Waals surface area (Å²) in [5.41, 5.74) is 4.82. The molecule has 0 saturated heterocycles. The Morgan fingerprint density at radius 3 is 2.18 bits per heavy atom. The van der Waals surface area contributed by atoms with Gasteiger partial charge in [0.2, 0.25) is 0 Å². The van der Waals surface area contributed by atoms with E-state index in [-0.39, 0.29) is 18.3 Å². The van der Waals surface area contributed by atoms with Crippen LogP contribution in [-0.2, 0) is 14.9 Å². The smallest absolute Gasteiger partial charge is 0.411 e. The van der Waals surface area contributed by atoms with Gasteiger partial charge in [-0.05, 0) is 51.9 Å². The van der Waals surface area contributed by atoms with Crippen LogP contribution < -0.4 is 5.32 Å². The van der Waals surface area contributed by atoms with E-state index in [1.165, 1.54) is 18.2 Å². The first-order valence-electron chi connectivity index (χ1n) is 10.2. The van der Waals surface area contributed by atoms with E-state index in [0.29, 0.717) is 16.5 Å². The van der Waals surface area contributed by atoms with Crippen LogP contribution in [0.25, 0.3) is 21.9 Å². The van der Waals surface area contributed by atoms with Gasteiger partial charge >= 0.3 is 6.09 Å². The van der Waals surface area contributed by atoms with Crippen LogP contribution in [0.4, 0.5) is 10.5 Å². The van der Waals surface area contributed by atoms with Gasteiger partial charge in [-0.3, -0.25) is 9.87 Å². The zero-order chi connectivity index (χ0) is 23.2. The van der Waals surface area contributed by atoms with Gasteiger partial charge in [0.05, 0.1) is 4.90 Å². The molecule has 0 heterocycles. The average molecular weight is 461 g/mol. The maximum atomic E-state index is 12.5. The molecule has 8 heteroatoms. The van der Waals surface area contributed by atoms with Gasteiger partial charge in [-0.2, -0.15) is 8.42 Å². The van der Waals surface area contributed by atoms with Crippen LogP contribution in [0.15, 0.2) is 83.8 Å². The van der Waals surface area contributed by atoms with E-state index < -0.39 is 21.1 Å². The monoisotopic (exact) mass is 461 g/mol. The number of hydrogen-bond donors (Lipinski definition) is 3. The molecule has 0 radical (unpaired) electrons. The fourth-order valence-electron chi connectivity index (χ4n) is 4.30. The molecule has 0 atom stereocenters. The average Bonchev–Trinajstić information content (AvgIpc) is 3.10. The lowest BCUT2D eigenvalue weighted by atomic mass is 9.98. The Kier molecular flexibility index (Phi) is 5.03. The second-order valence-corrected chi connectivity index (χ2v) is 9.23. The Balaban J connectivity index is 1.35. The van der Waals surface area contributed by atoms with Crippen molar-refractivity contribution in [3.05, 3.63) is 90.0 Å². The second-order valence-electron chi connectivity index (χ2n) is 7.80. The number of nitrogens with one attached hydrogen (secondary N) is 1. The van der Waals surface area contributed by atoms with Crippen molar-refractivity contribution in [1.29, 1.82) is 0 Å². The maximum Gasteiger partial charge on any atom is 0.411 e. The third kappa shape index (κ3) is 3.90. The highest BCUT2D eigenvalue weighted by Crippen LogP contribution is 2.44. The molecular weight excluding hydrogens is 442 g/mol. The fraction of sp³-hybridized carbons (Fsp3) is 0.0800. The number of benzene rings is 4. The molecule has 0 aromatic heterocycles. The number of ether oxygens (including phenoxy) is 1. The Bertz CT molecular complexity index is 1470. The predicted molar refractivity (Wildman–Crippen MR) is 124 cm³/mol. The molecule has 0 bridgehead atoms. The third-order valence-corrected chi connectivity index (χ3v) is 6.62. The van der Waals surface area contributed by atoms with Crippen LogP contribution in [0.1, 0.15) is 17.0 Å². The minimum absolute atomic E-state index is 0.0750. The van der Waals surface area contributed by atoms with Crippen molar-refractivity contribution < 1.29 is 27.6 Å². The molecule has 4 aromatic carbocycles. The number of phenolic OH excluding ortho intramolecular Hbond substituents is 1. The zero-order valence-electron chi connectivity index (χ0n) is 17.2. The molecule has 3 N–H and O–H groups in total. The third-order valence-electron chi connectivity index (χ3n) is 5.79. The van der Waals surface area contributed by atoms with Crippen LogP contribution in [0.3, 0.4) is 0 Å². The van der Waals surface area contributed by atoms with Gasteiger partial charge < -0.3 is 9.84 Å². The maximum absolute atomic E-state index is 12.5. The van der Waals surface area contributed by atoms with Crippen LogP contribution in [-0.4, -0.2) is 30.8 Å². The van der Waals surface area contributed by atoms with Crippen LogP contribution in [0.5, 0.6) is 5.75 Å². The summed E-state index contributed by atoms with van der Waals surface area (Å²) in [6.45, 7) is 0.154. The van der Waals surface area contributed by atoms with E-state index in [2.05, 4.69) is 17.4 Å². The van der Waals surface area contributed by atoms with Crippen molar-refractivity contribution in [3.8, 4) is 16.9 Å². The van der Waals surface area contributed by atoms with Crippen molar-refractivity contribution in [2.45, 2.75) is 10.8 Å². The number of fused-ring (bicyclic) bond motifs is 4. The quantitative estimate of drug-likeness (QED) is 0.362. The number of phenols is 1. The van der Waals surface area contributed by atoms with Gasteiger partial charge in [-0.25, -0.2) is 4.79 Å². The first kappa shape index (κ1) is 21.0. The van der Waals surface area contributed by atoms with E-state index in [9.17, 15) is 22.9 Å². The molecule has 0 fully saturated rings. The highest BCUT2D eigenvalue weighted by molar-refractivity contribution is 7.85. The molecule has 1 aliphatic rings. The lowest BCUT2D eigenvalue weighted by Gasteiger charge is -2.15. The summed E-state index contributed by atoms with van der Waals surface area (Å²) in [7, 11) is -4.49. The van der Waals surface area contributed by atoms with Gasteiger partial charge in [0.1, 0.15) is 12.4 Å². The lowest BCUT2D eigenvalue weighted by molar-refractivity contribution is 0.158. The molecule has 1 aliphatic carbocycles. The highest BCUT2D eigenvalue weighted by Gasteiger charge is 2.29. The van der Waals surface area contributed by atoms with Crippen molar-refractivity contribution in [2.75, 3.05) is 11.9 Å². The normalized spacial score (nSPS) is 12.9. The lowest BCUT2D eigenvalue weighted by Crippen LogP contribution is -2.17. The zero-order valence-corrected chi connectivity index (χ0v) is 18.0. The SMILES string of the molecule is O=C(Nc1ccc2c(O)cc(S(=O)(=O)O)cc2c1)OCC1c2ccccc2-c2ccccc21. The summed E-state index contributed by atoms with van der Waals surface area (Å²) in [6, 6.07) is 22.8. The van der Waals surface area contributed by atoms with Crippen molar-refractivity contribution >= 4 is 32.7 Å². The topological polar surface area (TPSA) is 113 Å². The van der Waals surface area contributed by atoms with Crippen LogP contribution >= 0.6 is 0 Å². The molecule has 7 nitrogen and oxygen atoms in total. The summed E-state index contributed by atoms with van der Waals surface area (Å²) in [5.74, 6) is -0.373. The van der Waals surface area contributed by atoms with E-state index in [1.807, 2.05) is 36.4 Å². The molecule has 0 saturated carbocycles. The summed E-state index contributed by atoms with van der Waals surface area (Å²) >= 11 is 0. The standard InChI is InChI=1S/C25H19NO6S/c27-24-13-17(33(29,30)31)12-15-11-16(9-10-18(15)24)26-25(28)32-14-23-21-7-3-1-5-19(21)20-6-2-4-8-22(20)23/h1-13,23,27H,14H2,(H,26,28)(H,29,30,31). The molecule has 166 valence electrons. The van der Waals surface area contributed by atoms with Crippen molar-refractivity contribution in [3.63, 3.8) is 0 Å². The van der Waals surface area contributed by atoms with Gasteiger partial charge in [0.25, 0.3) is 10.1 Å². The fourth-order valence-corrected chi connectivity index (χ4v) is 4.84. The molecule has 33 heavy (non-hydrogen) atoms. The van der Waals surface area contributed by atoms with Gasteiger partial charge in [0.15, 0.2) is 0 Å². The Morgan fingerprint density at radius 2 is 1.55 bits per heavy atom. The van der Waals surface area contributed by atoms with Gasteiger partial charge in [-0.15, -0.1) is 0 Å². The number of carbonyl (C=O) groups is 1. The summed E-state index contributed by atoms with van der Waals surface area (Å²) < 4.78 is 37.7. The Hall–Kier alpha value is -3.88. The largest absolute Gasteiger partial charge is 0.507 e. The number of carbonyl (C=O) groups excluding carboxylic acids is 1. The van der Waals surface area contributed by atoms with Gasteiger partial charge in [-0.1, -0.05) is 48.5 Å². The molecular formula is C25H19NO6S. The second kappa shape index (κ2) is 7.91. The number of rotatable bonds is 4. The molecule has 5 rings (SSSR count).